The van der Waals surface area contributed by atoms with Crippen LogP contribution >= 0.6 is 0 Å². The number of cyclic esters (lactones) is 1. The van der Waals surface area contributed by atoms with Crippen LogP contribution in [-0.4, -0.2) is 31.5 Å². The maximum absolute atomic E-state index is 12.6. The molecule has 1 fully saturated rings. The van der Waals surface area contributed by atoms with Crippen LogP contribution in [0.25, 0.3) is 0 Å². The molecule has 1 saturated heterocycles. The van der Waals surface area contributed by atoms with Crippen LogP contribution < -0.4 is 0 Å². The van der Waals surface area contributed by atoms with Crippen LogP contribution in [0, 0.1) is 10.8 Å². The molecule has 108 valence electrons. The van der Waals surface area contributed by atoms with Gasteiger partial charge in [-0.3, -0.25) is 4.79 Å². The van der Waals surface area contributed by atoms with E-state index in [1.54, 1.807) is 13.0 Å². The van der Waals surface area contributed by atoms with E-state index in [0.29, 0.717) is 6.42 Å². The summed E-state index contributed by atoms with van der Waals surface area (Å²) in [6, 6.07) is 0. The van der Waals surface area contributed by atoms with Crippen molar-refractivity contribution in [2.24, 2.45) is 10.8 Å². The van der Waals surface area contributed by atoms with E-state index in [1.807, 2.05) is 26.8 Å². The third kappa shape index (κ3) is 2.45. The molecule has 1 heterocycles. The van der Waals surface area contributed by atoms with Gasteiger partial charge < -0.3 is 4.74 Å². The van der Waals surface area contributed by atoms with E-state index in [0.717, 1.165) is 6.42 Å². The summed E-state index contributed by atoms with van der Waals surface area (Å²) in [6.07, 6.45) is 4.20. The molecule has 0 unspecified atom stereocenters. The molecule has 3 atom stereocenters. The number of carbonyl (C=O) groups excluding carboxylic acids is 1. The molecule has 1 aliphatic carbocycles. The van der Waals surface area contributed by atoms with Crippen LogP contribution in [0.1, 0.15) is 40.5 Å². The lowest BCUT2D eigenvalue weighted by atomic mass is 9.78. The number of sulfone groups is 1. The van der Waals surface area contributed by atoms with Crippen molar-refractivity contribution in [3.05, 3.63) is 12.2 Å². The van der Waals surface area contributed by atoms with E-state index in [1.165, 1.54) is 0 Å². The van der Waals surface area contributed by atoms with Gasteiger partial charge in [0.25, 0.3) is 0 Å². The fourth-order valence-corrected chi connectivity index (χ4v) is 5.29. The Morgan fingerprint density at radius 1 is 1.37 bits per heavy atom. The highest BCUT2D eigenvalue weighted by Crippen LogP contribution is 2.42. The maximum Gasteiger partial charge on any atom is 0.313 e. The van der Waals surface area contributed by atoms with Crippen LogP contribution in [0.3, 0.4) is 0 Å². The fourth-order valence-electron chi connectivity index (χ4n) is 2.73. The monoisotopic (exact) mass is 286 g/mol. The van der Waals surface area contributed by atoms with E-state index in [4.69, 9.17) is 4.74 Å². The molecule has 19 heavy (non-hydrogen) atoms. The summed E-state index contributed by atoms with van der Waals surface area (Å²) in [4.78, 5) is 12.4. The minimum absolute atomic E-state index is 0.0904. The van der Waals surface area contributed by atoms with Gasteiger partial charge in [-0.25, -0.2) is 8.42 Å². The molecule has 0 amide bonds. The summed E-state index contributed by atoms with van der Waals surface area (Å²) in [7, 11) is -3.38. The Bertz CT molecular complexity index is 512. The third-order valence-corrected chi connectivity index (χ3v) is 6.44. The van der Waals surface area contributed by atoms with Gasteiger partial charge in [0.05, 0.1) is 16.4 Å². The van der Waals surface area contributed by atoms with Crippen molar-refractivity contribution in [2.45, 2.75) is 51.9 Å². The van der Waals surface area contributed by atoms with Crippen molar-refractivity contribution < 1.29 is 17.9 Å². The summed E-state index contributed by atoms with van der Waals surface area (Å²) >= 11 is 0. The highest BCUT2D eigenvalue weighted by molar-refractivity contribution is 7.92. The lowest BCUT2D eigenvalue weighted by Crippen LogP contribution is -2.43. The summed E-state index contributed by atoms with van der Waals surface area (Å²) < 4.78 is 30.7. The van der Waals surface area contributed by atoms with E-state index >= 15 is 0 Å². The van der Waals surface area contributed by atoms with Gasteiger partial charge in [-0.05, 0) is 25.2 Å². The van der Waals surface area contributed by atoms with Gasteiger partial charge in [0.2, 0.25) is 0 Å². The number of ether oxygens (including phenoxy) is 1. The number of esters is 1. The highest BCUT2D eigenvalue weighted by Gasteiger charge is 2.53. The minimum atomic E-state index is -3.38. The van der Waals surface area contributed by atoms with Gasteiger partial charge in [0, 0.05) is 0 Å². The topological polar surface area (TPSA) is 60.4 Å². The van der Waals surface area contributed by atoms with Gasteiger partial charge in [0.15, 0.2) is 9.84 Å². The molecular formula is C14H22O4S. The highest BCUT2D eigenvalue weighted by atomic mass is 32.2. The average Bonchev–Trinajstić information content (AvgIpc) is 2.33. The van der Waals surface area contributed by atoms with Crippen LogP contribution in [0.4, 0.5) is 0 Å². The molecule has 4 nitrogen and oxygen atoms in total. The zero-order valence-electron chi connectivity index (χ0n) is 12.0. The normalized spacial score (nSPS) is 38.2. The minimum Gasteiger partial charge on any atom is -0.460 e. The molecule has 0 saturated carbocycles. The second-order valence-electron chi connectivity index (χ2n) is 6.89. The second kappa shape index (κ2) is 4.33. The molecule has 0 bridgehead atoms. The molecule has 0 radical (unpaired) electrons. The van der Waals surface area contributed by atoms with Crippen LogP contribution in [0.5, 0.6) is 0 Å². The number of fused-ring (bicyclic) bond motifs is 1. The van der Waals surface area contributed by atoms with Crippen LogP contribution in [0.15, 0.2) is 12.2 Å². The summed E-state index contributed by atoms with van der Waals surface area (Å²) in [5.41, 5.74) is -1.32. The Hall–Kier alpha value is -0.840. The lowest BCUT2D eigenvalue weighted by molar-refractivity contribution is -0.163. The first-order chi connectivity index (χ1) is 8.57. The number of rotatable bonds is 0. The average molecular weight is 286 g/mol. The number of allylic oxidation sites excluding steroid dienone is 1. The van der Waals surface area contributed by atoms with E-state index < -0.39 is 26.6 Å². The Labute approximate surface area is 115 Å². The molecule has 0 aromatic rings. The van der Waals surface area contributed by atoms with Crippen molar-refractivity contribution >= 4 is 15.8 Å². The SMILES string of the molecule is CC(C)(C)[C@@H]1CS(=O)(=O)[C@H]2C=CCC[C@@]2(C)C(=O)O1. The molecular weight excluding hydrogens is 264 g/mol. The van der Waals surface area contributed by atoms with Gasteiger partial charge in [-0.2, -0.15) is 0 Å². The maximum atomic E-state index is 12.6. The van der Waals surface area contributed by atoms with Crippen molar-refractivity contribution in [1.29, 1.82) is 0 Å². The quantitative estimate of drug-likeness (QED) is 0.505. The molecule has 5 heteroatoms. The predicted octanol–water partition coefficient (Wildman–Crippen LogP) is 2.10. The lowest BCUT2D eigenvalue weighted by Gasteiger charge is -2.33. The Kier molecular flexibility index (Phi) is 3.32. The fraction of sp³-hybridized carbons (Fsp3) is 0.786. The third-order valence-electron chi connectivity index (χ3n) is 4.22. The smallest absolute Gasteiger partial charge is 0.313 e. The number of hydrogen-bond acceptors (Lipinski definition) is 4. The zero-order valence-corrected chi connectivity index (χ0v) is 12.8. The predicted molar refractivity (Wildman–Crippen MR) is 73.4 cm³/mol. The van der Waals surface area contributed by atoms with E-state index in [2.05, 4.69) is 0 Å². The summed E-state index contributed by atoms with van der Waals surface area (Å²) in [5, 5.41) is -0.742. The van der Waals surface area contributed by atoms with Gasteiger partial charge >= 0.3 is 5.97 Å². The van der Waals surface area contributed by atoms with E-state index in [9.17, 15) is 13.2 Å². The largest absolute Gasteiger partial charge is 0.460 e. The van der Waals surface area contributed by atoms with Crippen molar-refractivity contribution in [3.8, 4) is 0 Å². The Morgan fingerprint density at radius 2 is 2.00 bits per heavy atom. The molecule has 0 N–H and O–H groups in total. The summed E-state index contributed by atoms with van der Waals surface area (Å²) in [5.74, 6) is -0.463. The molecule has 0 spiro atoms. The van der Waals surface area contributed by atoms with Crippen molar-refractivity contribution in [1.82, 2.24) is 0 Å². The second-order valence-corrected chi connectivity index (χ2v) is 9.06. The van der Waals surface area contributed by atoms with Gasteiger partial charge in [-0.1, -0.05) is 32.9 Å². The first-order valence-electron chi connectivity index (χ1n) is 6.67. The van der Waals surface area contributed by atoms with Crippen molar-refractivity contribution in [2.75, 3.05) is 5.75 Å². The first kappa shape index (κ1) is 14.6. The number of hydrogen-bond donors (Lipinski definition) is 0. The zero-order chi connectivity index (χ0) is 14.5. The van der Waals surface area contributed by atoms with Crippen LogP contribution in [0.2, 0.25) is 0 Å². The van der Waals surface area contributed by atoms with E-state index in [-0.39, 0.29) is 17.1 Å². The Morgan fingerprint density at radius 3 is 2.58 bits per heavy atom. The number of carbonyl (C=O) groups is 1. The molecule has 2 aliphatic rings. The first-order valence-corrected chi connectivity index (χ1v) is 8.38. The Balaban J connectivity index is 2.50. The molecule has 2 rings (SSSR count). The van der Waals surface area contributed by atoms with Gasteiger partial charge in [0.1, 0.15) is 6.10 Å². The standard InChI is InChI=1S/C14H22O4S/c1-13(2,3)10-9-19(16,17)11-7-5-6-8-14(11,4)12(15)18-10/h5,7,10-11H,6,8-9H2,1-4H3/t10-,11-,14+/m0/s1. The van der Waals surface area contributed by atoms with Gasteiger partial charge in [-0.15, -0.1) is 0 Å². The van der Waals surface area contributed by atoms with Crippen molar-refractivity contribution in [3.63, 3.8) is 0 Å². The van der Waals surface area contributed by atoms with Crippen LogP contribution in [-0.2, 0) is 19.4 Å². The summed E-state index contributed by atoms with van der Waals surface area (Å²) in [6.45, 7) is 7.40. The molecule has 0 aromatic carbocycles. The molecule has 0 aromatic heterocycles. The molecule has 1 aliphatic heterocycles.